The fourth-order valence-corrected chi connectivity index (χ4v) is 4.30. The largest absolute Gasteiger partial charge is 0.442 e. The number of piperidine rings is 1. The number of cyclic esters (lactones) is 1. The van der Waals surface area contributed by atoms with Crippen LogP contribution in [0.25, 0.3) is 0 Å². The number of ether oxygens (including phenoxy) is 3. The van der Waals surface area contributed by atoms with E-state index in [4.69, 9.17) is 14.2 Å². The molecule has 1 N–H and O–H groups in total. The van der Waals surface area contributed by atoms with Crippen LogP contribution in [0.3, 0.4) is 0 Å². The topological polar surface area (TPSA) is 80.3 Å². The molecule has 0 aromatic heterocycles. The van der Waals surface area contributed by atoms with Gasteiger partial charge in [0.2, 0.25) is 5.91 Å². The number of hydrogen-bond acceptors (Lipinski definition) is 6. The highest BCUT2D eigenvalue weighted by Gasteiger charge is 2.47. The van der Waals surface area contributed by atoms with E-state index in [-0.39, 0.29) is 30.4 Å². The van der Waals surface area contributed by atoms with Crippen molar-refractivity contribution in [1.82, 2.24) is 5.32 Å². The van der Waals surface area contributed by atoms with E-state index in [1.807, 2.05) is 18.7 Å². The van der Waals surface area contributed by atoms with E-state index in [1.54, 1.807) is 12.1 Å². The smallest absolute Gasteiger partial charge is 0.414 e. The molecular weight excluding hydrogens is 393 g/mol. The Kier molecular flexibility index (Phi) is 5.36. The van der Waals surface area contributed by atoms with Gasteiger partial charge in [-0.2, -0.15) is 0 Å². The minimum absolute atomic E-state index is 0.193. The summed E-state index contributed by atoms with van der Waals surface area (Å²) in [5.41, 5.74) is 0.655. The number of nitrogens with one attached hydrogen (secondary N) is 1. The molecule has 3 saturated heterocycles. The lowest BCUT2D eigenvalue weighted by molar-refractivity contribution is -0.164. The molecule has 1 spiro atoms. The standard InChI is InChI=1S/C21H28FN3O5/c1-14(26)23-11-16-12-25(19(27)29-16)15-4-5-18(17(22)10-15)24-8-6-21(7-9-24)13-28-20(2,3)30-21/h4-5,10,16H,6-9,11-13H2,1-3H3,(H,23,26)/t16-/m0/s1. The first-order valence-corrected chi connectivity index (χ1v) is 10.3. The van der Waals surface area contributed by atoms with Gasteiger partial charge in [-0.25, -0.2) is 9.18 Å². The molecule has 3 aliphatic heterocycles. The molecule has 3 aliphatic rings. The summed E-state index contributed by atoms with van der Waals surface area (Å²) >= 11 is 0. The average molecular weight is 421 g/mol. The summed E-state index contributed by atoms with van der Waals surface area (Å²) in [5, 5.41) is 2.63. The van der Waals surface area contributed by atoms with Crippen molar-refractivity contribution < 1.29 is 28.2 Å². The summed E-state index contributed by atoms with van der Waals surface area (Å²) in [4.78, 5) is 26.6. The van der Waals surface area contributed by atoms with Gasteiger partial charge in [-0.1, -0.05) is 0 Å². The zero-order chi connectivity index (χ0) is 21.5. The second kappa shape index (κ2) is 7.70. The Balaban J connectivity index is 1.39. The zero-order valence-electron chi connectivity index (χ0n) is 17.6. The molecule has 3 heterocycles. The van der Waals surface area contributed by atoms with Crippen LogP contribution in [-0.4, -0.2) is 62.3 Å². The number of nitrogens with zero attached hydrogens (tertiary/aromatic N) is 2. The van der Waals surface area contributed by atoms with Crippen LogP contribution in [0.15, 0.2) is 18.2 Å². The first-order chi connectivity index (χ1) is 14.2. The van der Waals surface area contributed by atoms with Gasteiger partial charge in [0.05, 0.1) is 36.7 Å². The van der Waals surface area contributed by atoms with Crippen molar-refractivity contribution in [3.05, 3.63) is 24.0 Å². The highest BCUT2D eigenvalue weighted by Crippen LogP contribution is 2.40. The normalized spacial score (nSPS) is 24.9. The lowest BCUT2D eigenvalue weighted by atomic mass is 9.92. The van der Waals surface area contributed by atoms with E-state index in [2.05, 4.69) is 5.32 Å². The van der Waals surface area contributed by atoms with Crippen LogP contribution < -0.4 is 15.1 Å². The summed E-state index contributed by atoms with van der Waals surface area (Å²) in [5.74, 6) is -1.15. The SMILES string of the molecule is CC(=O)NC[C@H]1CN(c2ccc(N3CCC4(CC3)COC(C)(C)O4)c(F)c2)C(=O)O1. The molecule has 2 amide bonds. The molecule has 1 aromatic carbocycles. The molecule has 9 heteroatoms. The van der Waals surface area contributed by atoms with E-state index >= 15 is 0 Å². The number of anilines is 2. The van der Waals surface area contributed by atoms with Gasteiger partial charge in [-0.3, -0.25) is 9.69 Å². The van der Waals surface area contributed by atoms with Gasteiger partial charge < -0.3 is 24.4 Å². The molecule has 4 rings (SSSR count). The number of carbonyl (C=O) groups is 2. The van der Waals surface area contributed by atoms with Gasteiger partial charge in [-0.05, 0) is 44.9 Å². The second-order valence-electron chi connectivity index (χ2n) is 8.65. The third kappa shape index (κ3) is 4.22. The van der Waals surface area contributed by atoms with Gasteiger partial charge >= 0.3 is 6.09 Å². The van der Waals surface area contributed by atoms with E-state index in [1.165, 1.54) is 17.9 Å². The molecule has 164 valence electrons. The predicted octanol–water partition coefficient (Wildman–Crippen LogP) is 2.41. The number of benzene rings is 1. The Labute approximate surface area is 175 Å². The highest BCUT2D eigenvalue weighted by atomic mass is 19.1. The minimum atomic E-state index is -0.572. The van der Waals surface area contributed by atoms with Crippen molar-refractivity contribution in [2.24, 2.45) is 0 Å². The molecule has 0 radical (unpaired) electrons. The average Bonchev–Trinajstić information content (AvgIpc) is 3.20. The third-order valence-electron chi connectivity index (χ3n) is 5.86. The Hall–Kier alpha value is -2.39. The fraction of sp³-hybridized carbons (Fsp3) is 0.619. The molecular formula is C21H28FN3O5. The summed E-state index contributed by atoms with van der Waals surface area (Å²) in [7, 11) is 0. The van der Waals surface area contributed by atoms with Crippen molar-refractivity contribution in [2.45, 2.75) is 51.1 Å². The Morgan fingerprint density at radius 2 is 2.03 bits per heavy atom. The van der Waals surface area contributed by atoms with E-state index in [0.717, 1.165) is 12.8 Å². The lowest BCUT2D eigenvalue weighted by Crippen LogP contribution is -2.47. The van der Waals surface area contributed by atoms with Gasteiger partial charge in [0.15, 0.2) is 5.79 Å². The first kappa shape index (κ1) is 20.9. The fourth-order valence-electron chi connectivity index (χ4n) is 4.30. The highest BCUT2D eigenvalue weighted by molar-refractivity contribution is 5.90. The van der Waals surface area contributed by atoms with Gasteiger partial charge in [0.1, 0.15) is 11.9 Å². The van der Waals surface area contributed by atoms with Crippen molar-refractivity contribution in [3.8, 4) is 0 Å². The number of hydrogen-bond donors (Lipinski definition) is 1. The number of halogens is 1. The minimum Gasteiger partial charge on any atom is -0.442 e. The zero-order valence-corrected chi connectivity index (χ0v) is 17.6. The van der Waals surface area contributed by atoms with Crippen LogP contribution in [0.2, 0.25) is 0 Å². The first-order valence-electron chi connectivity index (χ1n) is 10.3. The number of amides is 2. The Morgan fingerprint density at radius 3 is 2.63 bits per heavy atom. The molecule has 0 unspecified atom stereocenters. The predicted molar refractivity (Wildman–Crippen MR) is 108 cm³/mol. The number of carbonyl (C=O) groups excluding carboxylic acids is 2. The summed E-state index contributed by atoms with van der Waals surface area (Å²) in [6, 6.07) is 4.79. The van der Waals surface area contributed by atoms with Gasteiger partial charge in [0.25, 0.3) is 0 Å². The maximum Gasteiger partial charge on any atom is 0.414 e. The molecule has 1 atom stereocenters. The van der Waals surface area contributed by atoms with E-state index in [0.29, 0.717) is 31.1 Å². The lowest BCUT2D eigenvalue weighted by Gasteiger charge is -2.39. The summed E-state index contributed by atoms with van der Waals surface area (Å²) in [6.45, 7) is 7.62. The Bertz CT molecular complexity index is 838. The van der Waals surface area contributed by atoms with Crippen LogP contribution in [0.4, 0.5) is 20.6 Å². The van der Waals surface area contributed by atoms with Crippen molar-refractivity contribution >= 4 is 23.4 Å². The number of rotatable bonds is 4. The maximum atomic E-state index is 14.9. The molecule has 8 nitrogen and oxygen atoms in total. The van der Waals surface area contributed by atoms with Gasteiger partial charge in [0, 0.05) is 20.0 Å². The van der Waals surface area contributed by atoms with Crippen molar-refractivity contribution in [3.63, 3.8) is 0 Å². The van der Waals surface area contributed by atoms with Gasteiger partial charge in [-0.15, -0.1) is 0 Å². The molecule has 30 heavy (non-hydrogen) atoms. The monoisotopic (exact) mass is 421 g/mol. The van der Waals surface area contributed by atoms with Crippen LogP contribution >= 0.6 is 0 Å². The molecule has 0 aliphatic carbocycles. The maximum absolute atomic E-state index is 14.9. The molecule has 3 fully saturated rings. The van der Waals surface area contributed by atoms with Crippen LogP contribution in [0.5, 0.6) is 0 Å². The van der Waals surface area contributed by atoms with E-state index < -0.39 is 18.0 Å². The van der Waals surface area contributed by atoms with Crippen LogP contribution in [0.1, 0.15) is 33.6 Å². The van der Waals surface area contributed by atoms with E-state index in [9.17, 15) is 14.0 Å². The third-order valence-corrected chi connectivity index (χ3v) is 5.86. The van der Waals surface area contributed by atoms with Crippen LogP contribution in [-0.2, 0) is 19.0 Å². The van der Waals surface area contributed by atoms with Crippen LogP contribution in [0, 0.1) is 5.82 Å². The second-order valence-corrected chi connectivity index (χ2v) is 8.65. The molecule has 1 aromatic rings. The molecule has 0 saturated carbocycles. The van der Waals surface area contributed by atoms with Crippen molar-refractivity contribution in [1.29, 1.82) is 0 Å². The summed E-state index contributed by atoms with van der Waals surface area (Å²) < 4.78 is 32.0. The van der Waals surface area contributed by atoms with Crippen molar-refractivity contribution in [2.75, 3.05) is 42.6 Å². The Morgan fingerprint density at radius 1 is 1.30 bits per heavy atom. The summed E-state index contributed by atoms with van der Waals surface area (Å²) in [6.07, 6.45) is 0.528. The molecule has 0 bridgehead atoms. The quantitative estimate of drug-likeness (QED) is 0.804.